The summed E-state index contributed by atoms with van der Waals surface area (Å²) in [6, 6.07) is 0.722. The van der Waals surface area contributed by atoms with Crippen molar-refractivity contribution in [3.63, 3.8) is 0 Å². The average Bonchev–Trinajstić information content (AvgIpc) is 2.79. The molecule has 1 aliphatic carbocycles. The molecule has 118 valence electrons. The van der Waals surface area contributed by atoms with Crippen LogP contribution in [0.1, 0.15) is 33.1 Å². The standard InChI is InChI=1S/C15H31N3O2/c1-12(2)16-15(14(19)20-6)8-7-13(11-15)18(5)10-9-17(3)4/h12-13,16H,7-11H2,1-6H3. The molecule has 1 rings (SSSR count). The van der Waals surface area contributed by atoms with Crippen LogP contribution in [0.5, 0.6) is 0 Å². The summed E-state index contributed by atoms with van der Waals surface area (Å²) < 4.78 is 5.04. The van der Waals surface area contributed by atoms with Gasteiger partial charge in [0.05, 0.1) is 7.11 Å². The van der Waals surface area contributed by atoms with Crippen LogP contribution in [0.3, 0.4) is 0 Å². The second kappa shape index (κ2) is 7.38. The van der Waals surface area contributed by atoms with E-state index < -0.39 is 5.54 Å². The van der Waals surface area contributed by atoms with Gasteiger partial charge < -0.3 is 14.5 Å². The fourth-order valence-corrected chi connectivity index (χ4v) is 3.06. The molecule has 0 radical (unpaired) electrons. The molecule has 0 amide bonds. The number of ether oxygens (including phenoxy) is 1. The second-order valence-electron chi connectivity index (χ2n) is 6.55. The van der Waals surface area contributed by atoms with Gasteiger partial charge in [-0.25, -0.2) is 0 Å². The molecule has 1 saturated carbocycles. The first-order chi connectivity index (χ1) is 9.30. The minimum absolute atomic E-state index is 0.116. The van der Waals surface area contributed by atoms with E-state index in [2.05, 4.69) is 50.1 Å². The summed E-state index contributed by atoms with van der Waals surface area (Å²) in [6.07, 6.45) is 2.73. The van der Waals surface area contributed by atoms with E-state index in [0.29, 0.717) is 6.04 Å². The Balaban J connectivity index is 2.66. The summed E-state index contributed by atoms with van der Waals surface area (Å²) in [7, 11) is 7.80. The molecule has 0 bridgehead atoms. The lowest BCUT2D eigenvalue weighted by molar-refractivity contribution is -0.149. The highest BCUT2D eigenvalue weighted by molar-refractivity contribution is 5.81. The first-order valence-electron chi connectivity index (χ1n) is 7.52. The normalized spacial score (nSPS) is 26.8. The van der Waals surface area contributed by atoms with Gasteiger partial charge in [0.1, 0.15) is 5.54 Å². The highest BCUT2D eigenvalue weighted by Gasteiger charge is 2.47. The molecule has 0 saturated heterocycles. The monoisotopic (exact) mass is 285 g/mol. The van der Waals surface area contributed by atoms with Gasteiger partial charge in [-0.3, -0.25) is 10.1 Å². The van der Waals surface area contributed by atoms with Gasteiger partial charge in [0, 0.05) is 25.2 Å². The molecular formula is C15H31N3O2. The van der Waals surface area contributed by atoms with E-state index in [1.54, 1.807) is 0 Å². The van der Waals surface area contributed by atoms with Crippen molar-refractivity contribution in [1.29, 1.82) is 0 Å². The third kappa shape index (κ3) is 4.43. The van der Waals surface area contributed by atoms with Crippen molar-refractivity contribution >= 4 is 5.97 Å². The van der Waals surface area contributed by atoms with Gasteiger partial charge in [0.15, 0.2) is 0 Å². The maximum atomic E-state index is 12.2. The molecule has 0 aromatic heterocycles. The highest BCUT2D eigenvalue weighted by atomic mass is 16.5. The van der Waals surface area contributed by atoms with Gasteiger partial charge in [-0.2, -0.15) is 0 Å². The number of nitrogens with zero attached hydrogens (tertiary/aromatic N) is 2. The number of hydrogen-bond donors (Lipinski definition) is 1. The molecule has 0 heterocycles. The van der Waals surface area contributed by atoms with Crippen LogP contribution >= 0.6 is 0 Å². The first kappa shape index (κ1) is 17.4. The Kier molecular flexibility index (Phi) is 6.43. The van der Waals surface area contributed by atoms with Crippen LogP contribution in [0.25, 0.3) is 0 Å². The molecule has 20 heavy (non-hydrogen) atoms. The van der Waals surface area contributed by atoms with Crippen molar-refractivity contribution < 1.29 is 9.53 Å². The smallest absolute Gasteiger partial charge is 0.326 e. The van der Waals surface area contributed by atoms with E-state index in [0.717, 1.165) is 32.4 Å². The predicted molar refractivity (Wildman–Crippen MR) is 81.8 cm³/mol. The summed E-state index contributed by atoms with van der Waals surface area (Å²) in [6.45, 7) is 6.22. The van der Waals surface area contributed by atoms with Crippen molar-refractivity contribution in [1.82, 2.24) is 15.1 Å². The Morgan fingerprint density at radius 2 is 2.00 bits per heavy atom. The lowest BCUT2D eigenvalue weighted by atomic mass is 9.96. The fraction of sp³-hybridized carbons (Fsp3) is 0.933. The summed E-state index contributed by atoms with van der Waals surface area (Å²) >= 11 is 0. The van der Waals surface area contributed by atoms with Crippen LogP contribution in [0.2, 0.25) is 0 Å². The molecule has 2 unspecified atom stereocenters. The van der Waals surface area contributed by atoms with Crippen LogP contribution in [-0.2, 0) is 9.53 Å². The molecule has 0 aromatic rings. The molecule has 0 spiro atoms. The summed E-state index contributed by atoms with van der Waals surface area (Å²) in [5.41, 5.74) is -0.500. The number of rotatable bonds is 7. The SMILES string of the molecule is COC(=O)C1(NC(C)C)CCC(N(C)CCN(C)C)C1. The fourth-order valence-electron chi connectivity index (χ4n) is 3.06. The van der Waals surface area contributed by atoms with Gasteiger partial charge in [-0.15, -0.1) is 0 Å². The lowest BCUT2D eigenvalue weighted by Gasteiger charge is -2.32. The number of nitrogens with one attached hydrogen (secondary N) is 1. The van der Waals surface area contributed by atoms with Crippen molar-refractivity contribution in [3.8, 4) is 0 Å². The summed E-state index contributed by atoms with van der Waals surface area (Å²) in [5.74, 6) is -0.116. The van der Waals surface area contributed by atoms with Crippen LogP contribution in [0.15, 0.2) is 0 Å². The summed E-state index contributed by atoms with van der Waals surface area (Å²) in [4.78, 5) is 16.7. The molecule has 0 aliphatic heterocycles. The molecule has 1 fully saturated rings. The maximum absolute atomic E-state index is 12.2. The van der Waals surface area contributed by atoms with E-state index in [1.807, 2.05) is 0 Å². The number of carbonyl (C=O) groups excluding carboxylic acids is 1. The van der Waals surface area contributed by atoms with E-state index in [9.17, 15) is 4.79 Å². The van der Waals surface area contributed by atoms with E-state index in [1.165, 1.54) is 7.11 Å². The topological polar surface area (TPSA) is 44.8 Å². The molecule has 5 heteroatoms. The molecule has 5 nitrogen and oxygen atoms in total. The Bertz CT molecular complexity index is 320. The first-order valence-corrected chi connectivity index (χ1v) is 7.52. The van der Waals surface area contributed by atoms with Gasteiger partial charge in [0.2, 0.25) is 0 Å². The zero-order valence-electron chi connectivity index (χ0n) is 13.9. The third-order valence-corrected chi connectivity index (χ3v) is 4.15. The number of methoxy groups -OCH3 is 1. The van der Waals surface area contributed by atoms with Gasteiger partial charge in [-0.1, -0.05) is 0 Å². The Labute approximate surface area is 123 Å². The number of esters is 1. The number of carbonyl (C=O) groups is 1. The molecule has 0 aromatic carbocycles. The van der Waals surface area contributed by atoms with Gasteiger partial charge >= 0.3 is 5.97 Å². The minimum atomic E-state index is -0.500. The van der Waals surface area contributed by atoms with Crippen molar-refractivity contribution in [2.75, 3.05) is 41.3 Å². The second-order valence-corrected chi connectivity index (χ2v) is 6.55. The Hall–Kier alpha value is -0.650. The van der Waals surface area contributed by atoms with E-state index >= 15 is 0 Å². The molecule has 1 aliphatic rings. The molecular weight excluding hydrogens is 254 g/mol. The van der Waals surface area contributed by atoms with Crippen LogP contribution in [-0.4, -0.2) is 74.7 Å². The highest BCUT2D eigenvalue weighted by Crippen LogP contribution is 2.34. The summed E-state index contributed by atoms with van der Waals surface area (Å²) in [5, 5.41) is 3.44. The van der Waals surface area contributed by atoms with Gasteiger partial charge in [-0.05, 0) is 54.3 Å². The van der Waals surface area contributed by atoms with Crippen molar-refractivity contribution in [2.24, 2.45) is 0 Å². The average molecular weight is 285 g/mol. The van der Waals surface area contributed by atoms with E-state index in [4.69, 9.17) is 4.74 Å². The maximum Gasteiger partial charge on any atom is 0.326 e. The molecule has 2 atom stereocenters. The van der Waals surface area contributed by atoms with E-state index in [-0.39, 0.29) is 12.0 Å². The zero-order valence-corrected chi connectivity index (χ0v) is 13.9. The Morgan fingerprint density at radius 3 is 2.50 bits per heavy atom. The zero-order chi connectivity index (χ0) is 15.3. The van der Waals surface area contributed by atoms with Crippen LogP contribution in [0, 0.1) is 0 Å². The number of likely N-dealkylation sites (N-methyl/N-ethyl adjacent to an activating group) is 2. The minimum Gasteiger partial charge on any atom is -0.468 e. The third-order valence-electron chi connectivity index (χ3n) is 4.15. The predicted octanol–water partition coefficient (Wildman–Crippen LogP) is 0.942. The largest absolute Gasteiger partial charge is 0.468 e. The lowest BCUT2D eigenvalue weighted by Crippen LogP contribution is -2.54. The molecule has 1 N–H and O–H groups in total. The van der Waals surface area contributed by atoms with Gasteiger partial charge in [0.25, 0.3) is 0 Å². The van der Waals surface area contributed by atoms with Crippen LogP contribution < -0.4 is 5.32 Å². The van der Waals surface area contributed by atoms with Crippen molar-refractivity contribution in [3.05, 3.63) is 0 Å². The Morgan fingerprint density at radius 1 is 1.35 bits per heavy atom. The van der Waals surface area contributed by atoms with Crippen LogP contribution in [0.4, 0.5) is 0 Å². The van der Waals surface area contributed by atoms with Crippen molar-refractivity contribution in [2.45, 2.75) is 50.7 Å². The quantitative estimate of drug-likeness (QED) is 0.705. The number of hydrogen-bond acceptors (Lipinski definition) is 5.